The molecular weight excluding hydrogens is 210 g/mol. The molecule has 6 nitrogen and oxygen atoms in total. The highest BCUT2D eigenvalue weighted by atomic mass is 16.6. The zero-order valence-electron chi connectivity index (χ0n) is 8.80. The summed E-state index contributed by atoms with van der Waals surface area (Å²) in [6.07, 6.45) is 0. The van der Waals surface area contributed by atoms with Gasteiger partial charge in [-0.1, -0.05) is 11.2 Å². The quantitative estimate of drug-likeness (QED) is 0.707. The third-order valence-electron chi connectivity index (χ3n) is 1.90. The summed E-state index contributed by atoms with van der Waals surface area (Å²) in [4.78, 5) is 19.2. The molecule has 16 heavy (non-hydrogen) atoms. The predicted molar refractivity (Wildman–Crippen MR) is 53.6 cm³/mol. The Hall–Kier alpha value is -2.24. The van der Waals surface area contributed by atoms with Crippen LogP contribution in [0.4, 0.5) is 0 Å². The maximum Gasteiger partial charge on any atom is 0.397 e. The molecule has 0 amide bonds. The van der Waals surface area contributed by atoms with Crippen molar-refractivity contribution in [2.24, 2.45) is 0 Å². The van der Waals surface area contributed by atoms with Gasteiger partial charge in [-0.2, -0.15) is 4.98 Å². The first-order valence-electron chi connectivity index (χ1n) is 4.57. The number of carbonyl (C=O) groups is 1. The highest BCUT2D eigenvalue weighted by molar-refractivity contribution is 5.84. The Morgan fingerprint density at radius 3 is 2.88 bits per heavy atom. The average Bonchev–Trinajstić information content (AvgIpc) is 2.77. The Labute approximate surface area is 91.3 Å². The first kappa shape index (κ1) is 10.3. The fraction of sp³-hybridized carbons (Fsp3) is 0.200. The summed E-state index contributed by atoms with van der Waals surface area (Å²) in [7, 11) is 1.25. The molecule has 0 radical (unpaired) electrons. The van der Waals surface area contributed by atoms with Gasteiger partial charge in [-0.25, -0.2) is 9.78 Å². The number of ether oxygens (including phenoxy) is 1. The molecule has 2 heterocycles. The van der Waals surface area contributed by atoms with Crippen LogP contribution in [-0.4, -0.2) is 28.2 Å². The van der Waals surface area contributed by atoms with Gasteiger partial charge in [0.15, 0.2) is 0 Å². The second kappa shape index (κ2) is 4.09. The zero-order valence-corrected chi connectivity index (χ0v) is 8.80. The third-order valence-corrected chi connectivity index (χ3v) is 1.90. The van der Waals surface area contributed by atoms with Crippen LogP contribution >= 0.6 is 0 Å². The van der Waals surface area contributed by atoms with Crippen molar-refractivity contribution in [3.05, 3.63) is 29.8 Å². The van der Waals surface area contributed by atoms with Crippen molar-refractivity contribution in [2.45, 2.75) is 6.92 Å². The van der Waals surface area contributed by atoms with E-state index in [1.807, 2.05) is 19.1 Å². The third kappa shape index (κ3) is 1.90. The summed E-state index contributed by atoms with van der Waals surface area (Å²) in [6.45, 7) is 1.85. The molecule has 0 N–H and O–H groups in total. The summed E-state index contributed by atoms with van der Waals surface area (Å²) in [5, 5.41) is 3.65. The Bertz CT molecular complexity index is 522. The second-order valence-corrected chi connectivity index (χ2v) is 3.08. The minimum Gasteiger partial charge on any atom is -0.462 e. The van der Waals surface area contributed by atoms with Gasteiger partial charge in [0.1, 0.15) is 5.69 Å². The lowest BCUT2D eigenvalue weighted by Gasteiger charge is -1.94. The normalized spacial score (nSPS) is 10.1. The SMILES string of the molecule is COC(=O)c1nc(-c2cccc(C)n2)no1. The van der Waals surface area contributed by atoms with E-state index in [0.29, 0.717) is 5.69 Å². The van der Waals surface area contributed by atoms with E-state index >= 15 is 0 Å². The van der Waals surface area contributed by atoms with Crippen LogP contribution in [-0.2, 0) is 4.74 Å². The highest BCUT2D eigenvalue weighted by Gasteiger charge is 2.16. The number of hydrogen-bond donors (Lipinski definition) is 0. The molecule has 0 aromatic carbocycles. The van der Waals surface area contributed by atoms with Gasteiger partial charge in [-0.05, 0) is 19.1 Å². The second-order valence-electron chi connectivity index (χ2n) is 3.08. The monoisotopic (exact) mass is 219 g/mol. The molecular formula is C10H9N3O3. The van der Waals surface area contributed by atoms with Crippen molar-refractivity contribution in [2.75, 3.05) is 7.11 Å². The van der Waals surface area contributed by atoms with Crippen LogP contribution in [0, 0.1) is 6.92 Å². The van der Waals surface area contributed by atoms with E-state index in [4.69, 9.17) is 4.52 Å². The standard InChI is InChI=1S/C10H9N3O3/c1-6-4-3-5-7(11-6)8-12-9(16-13-8)10(14)15-2/h3-5H,1-2H3. The predicted octanol–water partition coefficient (Wildman–Crippen LogP) is 1.23. The molecule has 0 aliphatic carbocycles. The summed E-state index contributed by atoms with van der Waals surface area (Å²) in [5.41, 5.74) is 1.39. The van der Waals surface area contributed by atoms with Crippen LogP contribution in [0.1, 0.15) is 16.4 Å². The van der Waals surface area contributed by atoms with Gasteiger partial charge in [0.2, 0.25) is 5.82 Å². The maximum absolute atomic E-state index is 11.1. The van der Waals surface area contributed by atoms with E-state index in [0.717, 1.165) is 5.69 Å². The van der Waals surface area contributed by atoms with Gasteiger partial charge in [-0.15, -0.1) is 0 Å². The van der Waals surface area contributed by atoms with E-state index in [-0.39, 0.29) is 11.7 Å². The topological polar surface area (TPSA) is 78.1 Å². The van der Waals surface area contributed by atoms with E-state index in [2.05, 4.69) is 19.9 Å². The Morgan fingerprint density at radius 1 is 1.38 bits per heavy atom. The van der Waals surface area contributed by atoms with E-state index < -0.39 is 5.97 Å². The number of rotatable bonds is 2. The van der Waals surface area contributed by atoms with Crippen LogP contribution in [0.2, 0.25) is 0 Å². The number of carbonyl (C=O) groups excluding carboxylic acids is 1. The molecule has 0 aliphatic heterocycles. The van der Waals surface area contributed by atoms with Crippen LogP contribution < -0.4 is 0 Å². The van der Waals surface area contributed by atoms with E-state index in [1.165, 1.54) is 7.11 Å². The number of aromatic nitrogens is 3. The molecule has 0 bridgehead atoms. The molecule has 0 unspecified atom stereocenters. The molecule has 82 valence electrons. The number of aryl methyl sites for hydroxylation is 1. The number of nitrogens with zero attached hydrogens (tertiary/aromatic N) is 3. The molecule has 0 saturated carbocycles. The minimum absolute atomic E-state index is 0.180. The van der Waals surface area contributed by atoms with Crippen LogP contribution in [0.25, 0.3) is 11.5 Å². The Balaban J connectivity index is 2.35. The molecule has 0 atom stereocenters. The molecule has 2 aromatic rings. The first-order valence-corrected chi connectivity index (χ1v) is 4.57. The van der Waals surface area contributed by atoms with Gasteiger partial charge < -0.3 is 9.26 Å². The van der Waals surface area contributed by atoms with Crippen molar-refractivity contribution >= 4 is 5.97 Å². The van der Waals surface area contributed by atoms with E-state index in [1.54, 1.807) is 6.07 Å². The van der Waals surface area contributed by atoms with Crippen LogP contribution in [0.3, 0.4) is 0 Å². The molecule has 6 heteroatoms. The van der Waals surface area contributed by atoms with E-state index in [9.17, 15) is 4.79 Å². The number of pyridine rings is 1. The Morgan fingerprint density at radius 2 is 2.19 bits per heavy atom. The fourth-order valence-corrected chi connectivity index (χ4v) is 1.17. The maximum atomic E-state index is 11.1. The van der Waals surface area contributed by atoms with Gasteiger partial charge in [0.05, 0.1) is 7.11 Å². The smallest absolute Gasteiger partial charge is 0.397 e. The summed E-state index contributed by atoms with van der Waals surface area (Å²) >= 11 is 0. The summed E-state index contributed by atoms with van der Waals surface area (Å²) < 4.78 is 9.19. The molecule has 0 fully saturated rings. The lowest BCUT2D eigenvalue weighted by Crippen LogP contribution is -2.01. The minimum atomic E-state index is -0.661. The average molecular weight is 219 g/mol. The van der Waals surface area contributed by atoms with Crippen molar-refractivity contribution < 1.29 is 14.1 Å². The van der Waals surface area contributed by atoms with Gasteiger partial charge >= 0.3 is 11.9 Å². The molecule has 0 saturated heterocycles. The van der Waals surface area contributed by atoms with Gasteiger partial charge in [0, 0.05) is 5.69 Å². The largest absolute Gasteiger partial charge is 0.462 e. The van der Waals surface area contributed by atoms with Crippen molar-refractivity contribution in [1.82, 2.24) is 15.1 Å². The molecule has 0 aliphatic rings. The molecule has 2 aromatic heterocycles. The van der Waals surface area contributed by atoms with Crippen LogP contribution in [0.15, 0.2) is 22.7 Å². The lowest BCUT2D eigenvalue weighted by molar-refractivity contribution is 0.0545. The molecule has 0 spiro atoms. The number of methoxy groups -OCH3 is 1. The number of hydrogen-bond acceptors (Lipinski definition) is 6. The Kier molecular flexibility index (Phi) is 2.63. The van der Waals surface area contributed by atoms with Crippen molar-refractivity contribution in [1.29, 1.82) is 0 Å². The van der Waals surface area contributed by atoms with Gasteiger partial charge in [0.25, 0.3) is 0 Å². The fourth-order valence-electron chi connectivity index (χ4n) is 1.17. The summed E-state index contributed by atoms with van der Waals surface area (Å²) in [5.74, 6) is -0.573. The zero-order chi connectivity index (χ0) is 11.5. The van der Waals surface area contributed by atoms with Crippen LogP contribution in [0.5, 0.6) is 0 Å². The van der Waals surface area contributed by atoms with Crippen molar-refractivity contribution in [3.8, 4) is 11.5 Å². The van der Waals surface area contributed by atoms with Crippen molar-refractivity contribution in [3.63, 3.8) is 0 Å². The highest BCUT2D eigenvalue weighted by Crippen LogP contribution is 2.13. The number of esters is 1. The molecule has 2 rings (SSSR count). The first-order chi connectivity index (χ1) is 7.70. The van der Waals surface area contributed by atoms with Gasteiger partial charge in [-0.3, -0.25) is 0 Å². The lowest BCUT2D eigenvalue weighted by atomic mass is 10.3. The summed E-state index contributed by atoms with van der Waals surface area (Å²) in [6, 6.07) is 5.41.